The zero-order chi connectivity index (χ0) is 14.8. The minimum Gasteiger partial charge on any atom is -0.391 e. The van der Waals surface area contributed by atoms with E-state index < -0.39 is 6.10 Å². The maximum atomic E-state index is 12.4. The number of aliphatic hydroxyl groups is 1. The van der Waals surface area contributed by atoms with E-state index in [2.05, 4.69) is 5.10 Å². The normalized spacial score (nSPS) is 18.2. The summed E-state index contributed by atoms with van der Waals surface area (Å²) in [7, 11) is 0. The highest BCUT2D eigenvalue weighted by Gasteiger charge is 2.27. The van der Waals surface area contributed by atoms with Gasteiger partial charge in [-0.15, -0.1) is 0 Å². The average molecular weight is 285 g/mol. The highest BCUT2D eigenvalue weighted by atomic mass is 16.3. The Morgan fingerprint density at radius 1 is 1.38 bits per heavy atom. The Bertz CT molecular complexity index is 636. The molecule has 2 aromatic rings. The van der Waals surface area contributed by atoms with E-state index >= 15 is 0 Å². The molecule has 1 aliphatic heterocycles. The summed E-state index contributed by atoms with van der Waals surface area (Å²) >= 11 is 0. The summed E-state index contributed by atoms with van der Waals surface area (Å²) in [6, 6.07) is 10.0. The van der Waals surface area contributed by atoms with Gasteiger partial charge < -0.3 is 10.0 Å². The lowest BCUT2D eigenvalue weighted by atomic mass is 10.2. The number of nitrogens with zero attached hydrogens (tertiary/aromatic N) is 3. The van der Waals surface area contributed by atoms with Gasteiger partial charge in [-0.1, -0.05) is 30.3 Å². The van der Waals surface area contributed by atoms with Crippen LogP contribution >= 0.6 is 0 Å². The van der Waals surface area contributed by atoms with E-state index in [1.54, 1.807) is 11.1 Å². The molecule has 0 saturated carbocycles. The second-order valence-corrected chi connectivity index (χ2v) is 5.48. The van der Waals surface area contributed by atoms with Gasteiger partial charge in [0.2, 0.25) is 0 Å². The number of hydrogen-bond donors (Lipinski definition) is 1. The molecular weight excluding hydrogens is 266 g/mol. The van der Waals surface area contributed by atoms with Crippen molar-refractivity contribution < 1.29 is 9.90 Å². The Labute approximate surface area is 123 Å². The number of benzene rings is 1. The van der Waals surface area contributed by atoms with E-state index in [0.29, 0.717) is 31.6 Å². The van der Waals surface area contributed by atoms with Gasteiger partial charge in [0.05, 0.1) is 24.4 Å². The lowest BCUT2D eigenvalue weighted by molar-refractivity contribution is 0.0764. The molecule has 3 rings (SSSR count). The molecule has 1 aliphatic rings. The van der Waals surface area contributed by atoms with Crippen LogP contribution in [0.25, 0.3) is 0 Å². The van der Waals surface area contributed by atoms with E-state index in [1.165, 1.54) is 0 Å². The molecule has 1 saturated heterocycles. The molecule has 1 aromatic carbocycles. The number of β-amino-alcohol motifs (C(OH)–C–C–N with tert-alkyl or cyclic N) is 1. The van der Waals surface area contributed by atoms with Gasteiger partial charge >= 0.3 is 0 Å². The van der Waals surface area contributed by atoms with Crippen LogP contribution in [0.3, 0.4) is 0 Å². The maximum absolute atomic E-state index is 12.4. The van der Waals surface area contributed by atoms with Crippen molar-refractivity contribution in [2.24, 2.45) is 0 Å². The van der Waals surface area contributed by atoms with Crippen LogP contribution in [0.1, 0.15) is 28.0 Å². The number of carbonyl (C=O) groups is 1. The molecule has 0 spiro atoms. The Hall–Kier alpha value is -2.14. The van der Waals surface area contributed by atoms with Gasteiger partial charge in [0, 0.05) is 18.8 Å². The smallest absolute Gasteiger partial charge is 0.257 e. The summed E-state index contributed by atoms with van der Waals surface area (Å²) in [6.07, 6.45) is 1.89. The summed E-state index contributed by atoms with van der Waals surface area (Å²) in [5.41, 5.74) is 2.64. The molecule has 0 unspecified atom stereocenters. The van der Waals surface area contributed by atoms with Crippen molar-refractivity contribution in [1.29, 1.82) is 0 Å². The first kappa shape index (κ1) is 13.8. The summed E-state index contributed by atoms with van der Waals surface area (Å²) in [4.78, 5) is 14.1. The Kier molecular flexibility index (Phi) is 3.75. The number of amides is 1. The van der Waals surface area contributed by atoms with Crippen LogP contribution in [-0.4, -0.2) is 44.9 Å². The van der Waals surface area contributed by atoms with Gasteiger partial charge in [0.1, 0.15) is 0 Å². The van der Waals surface area contributed by atoms with Crippen LogP contribution < -0.4 is 0 Å². The average Bonchev–Trinajstić information content (AvgIpc) is 3.07. The first-order chi connectivity index (χ1) is 10.1. The molecule has 1 atom stereocenters. The monoisotopic (exact) mass is 285 g/mol. The highest BCUT2D eigenvalue weighted by molar-refractivity contribution is 5.95. The van der Waals surface area contributed by atoms with Gasteiger partial charge in [-0.05, 0) is 18.9 Å². The molecule has 5 heteroatoms. The number of aromatic nitrogens is 2. The second-order valence-electron chi connectivity index (χ2n) is 5.48. The van der Waals surface area contributed by atoms with E-state index in [-0.39, 0.29) is 5.91 Å². The SMILES string of the molecule is Cc1c(C(=O)N2CC[C@@H](O)C2)cnn1Cc1ccccc1. The molecule has 110 valence electrons. The van der Waals surface area contributed by atoms with Crippen molar-refractivity contribution in [3.63, 3.8) is 0 Å². The lowest BCUT2D eigenvalue weighted by Crippen LogP contribution is -2.29. The Balaban J connectivity index is 1.78. The lowest BCUT2D eigenvalue weighted by Gasteiger charge is -2.15. The number of likely N-dealkylation sites (tertiary alicyclic amines) is 1. The van der Waals surface area contributed by atoms with Crippen LogP contribution in [0.15, 0.2) is 36.5 Å². The number of carbonyl (C=O) groups excluding carboxylic acids is 1. The fourth-order valence-corrected chi connectivity index (χ4v) is 2.67. The van der Waals surface area contributed by atoms with Gasteiger partial charge in [0.15, 0.2) is 0 Å². The molecular formula is C16H19N3O2. The first-order valence-corrected chi connectivity index (χ1v) is 7.19. The van der Waals surface area contributed by atoms with Crippen molar-refractivity contribution in [1.82, 2.24) is 14.7 Å². The molecule has 1 aromatic heterocycles. The molecule has 1 amide bonds. The van der Waals surface area contributed by atoms with Crippen molar-refractivity contribution >= 4 is 5.91 Å². The molecule has 0 bridgehead atoms. The molecule has 0 radical (unpaired) electrons. The molecule has 0 aliphatic carbocycles. The summed E-state index contributed by atoms with van der Waals surface area (Å²) in [5, 5.41) is 13.9. The van der Waals surface area contributed by atoms with Crippen LogP contribution in [0, 0.1) is 6.92 Å². The maximum Gasteiger partial charge on any atom is 0.257 e. The fourth-order valence-electron chi connectivity index (χ4n) is 2.67. The van der Waals surface area contributed by atoms with E-state index in [0.717, 1.165) is 11.3 Å². The number of rotatable bonds is 3. The van der Waals surface area contributed by atoms with Crippen LogP contribution in [0.2, 0.25) is 0 Å². The van der Waals surface area contributed by atoms with Gasteiger partial charge in [0.25, 0.3) is 5.91 Å². The largest absolute Gasteiger partial charge is 0.391 e. The third-order valence-corrected chi connectivity index (χ3v) is 3.96. The van der Waals surface area contributed by atoms with E-state index in [4.69, 9.17) is 0 Å². The topological polar surface area (TPSA) is 58.4 Å². The zero-order valence-corrected chi connectivity index (χ0v) is 12.1. The summed E-state index contributed by atoms with van der Waals surface area (Å²) in [5.74, 6) is -0.0386. The molecule has 5 nitrogen and oxygen atoms in total. The van der Waals surface area contributed by atoms with Gasteiger partial charge in [-0.3, -0.25) is 9.48 Å². The van der Waals surface area contributed by atoms with Gasteiger partial charge in [-0.2, -0.15) is 5.10 Å². The van der Waals surface area contributed by atoms with Crippen molar-refractivity contribution in [3.8, 4) is 0 Å². The molecule has 1 N–H and O–H groups in total. The third kappa shape index (κ3) is 2.83. The predicted octanol–water partition coefficient (Wildman–Crippen LogP) is 1.45. The van der Waals surface area contributed by atoms with Crippen molar-refractivity contribution in [2.75, 3.05) is 13.1 Å². The van der Waals surface area contributed by atoms with Crippen LogP contribution in [-0.2, 0) is 6.54 Å². The number of aliphatic hydroxyl groups excluding tert-OH is 1. The Morgan fingerprint density at radius 3 is 2.81 bits per heavy atom. The van der Waals surface area contributed by atoms with E-state index in [9.17, 15) is 9.90 Å². The zero-order valence-electron chi connectivity index (χ0n) is 12.1. The predicted molar refractivity (Wildman–Crippen MR) is 79.0 cm³/mol. The number of hydrogen-bond acceptors (Lipinski definition) is 3. The molecule has 2 heterocycles. The summed E-state index contributed by atoms with van der Waals surface area (Å²) < 4.78 is 1.84. The molecule has 21 heavy (non-hydrogen) atoms. The first-order valence-electron chi connectivity index (χ1n) is 7.19. The third-order valence-electron chi connectivity index (χ3n) is 3.96. The van der Waals surface area contributed by atoms with Crippen molar-refractivity contribution in [3.05, 3.63) is 53.3 Å². The second kappa shape index (κ2) is 5.69. The Morgan fingerprint density at radius 2 is 2.14 bits per heavy atom. The van der Waals surface area contributed by atoms with Crippen molar-refractivity contribution in [2.45, 2.75) is 26.0 Å². The highest BCUT2D eigenvalue weighted by Crippen LogP contribution is 2.17. The fraction of sp³-hybridized carbons (Fsp3) is 0.375. The minimum atomic E-state index is -0.395. The molecule has 1 fully saturated rings. The standard InChI is InChI=1S/C16H19N3O2/c1-12-15(16(21)18-8-7-14(20)11-18)9-17-19(12)10-13-5-3-2-4-6-13/h2-6,9,14,20H,7-8,10-11H2,1H3/t14-/m1/s1. The van der Waals surface area contributed by atoms with E-state index in [1.807, 2.05) is 41.9 Å². The minimum absolute atomic E-state index is 0.0386. The van der Waals surface area contributed by atoms with Crippen LogP contribution in [0.5, 0.6) is 0 Å². The summed E-state index contributed by atoms with van der Waals surface area (Å²) in [6.45, 7) is 3.60. The quantitative estimate of drug-likeness (QED) is 0.928. The van der Waals surface area contributed by atoms with Gasteiger partial charge in [-0.25, -0.2) is 0 Å². The van der Waals surface area contributed by atoms with Crippen LogP contribution in [0.4, 0.5) is 0 Å².